The van der Waals surface area contributed by atoms with Crippen LogP contribution in [0.2, 0.25) is 0 Å². The van der Waals surface area contributed by atoms with Crippen molar-refractivity contribution in [2.24, 2.45) is 0 Å². The monoisotopic (exact) mass is 543 g/mol. The predicted molar refractivity (Wildman–Crippen MR) is 155 cm³/mol. The second-order valence-electron chi connectivity index (χ2n) is 9.72. The predicted octanol–water partition coefficient (Wildman–Crippen LogP) is 6.80. The van der Waals surface area contributed by atoms with Gasteiger partial charge in [0.05, 0.1) is 16.4 Å². The number of aromatic amines is 2. The second-order valence-corrected chi connectivity index (χ2v) is 9.72. The summed E-state index contributed by atoms with van der Waals surface area (Å²) in [6.45, 7) is 1.31. The van der Waals surface area contributed by atoms with Gasteiger partial charge in [-0.3, -0.25) is 10.1 Å². The first-order valence-electron chi connectivity index (χ1n) is 13.1. The van der Waals surface area contributed by atoms with E-state index in [0.717, 1.165) is 12.1 Å². The molecule has 200 valence electrons. The van der Waals surface area contributed by atoms with Gasteiger partial charge in [-0.1, -0.05) is 48.5 Å². The quantitative estimate of drug-likeness (QED) is 0.206. The molecule has 3 aromatic carbocycles. The lowest BCUT2D eigenvalue weighted by molar-refractivity contribution is 0.631. The summed E-state index contributed by atoms with van der Waals surface area (Å²) in [6, 6.07) is 23.8. The first kappa shape index (κ1) is 24.7. The number of imidazole rings is 1. The van der Waals surface area contributed by atoms with E-state index < -0.39 is 5.82 Å². The molecular formula is C32H23F2N7. The third-order valence-corrected chi connectivity index (χ3v) is 7.05. The highest BCUT2D eigenvalue weighted by Gasteiger charge is 2.21. The molecule has 4 heterocycles. The average molecular weight is 544 g/mol. The van der Waals surface area contributed by atoms with Gasteiger partial charge in [0, 0.05) is 53.9 Å². The zero-order chi connectivity index (χ0) is 27.8. The molecule has 3 N–H and O–H groups in total. The number of halogens is 2. The Labute approximate surface area is 233 Å². The van der Waals surface area contributed by atoms with E-state index in [-0.39, 0.29) is 5.82 Å². The molecule has 7 aromatic rings. The van der Waals surface area contributed by atoms with Crippen molar-refractivity contribution in [3.8, 4) is 33.8 Å². The van der Waals surface area contributed by atoms with Gasteiger partial charge in [-0.2, -0.15) is 5.10 Å². The summed E-state index contributed by atoms with van der Waals surface area (Å²) in [4.78, 5) is 16.5. The molecule has 0 saturated heterocycles. The molecule has 0 aliphatic heterocycles. The van der Waals surface area contributed by atoms with Crippen LogP contribution in [-0.4, -0.2) is 30.1 Å². The van der Waals surface area contributed by atoms with E-state index >= 15 is 4.39 Å². The van der Waals surface area contributed by atoms with Crippen LogP contribution in [0.1, 0.15) is 11.1 Å². The highest BCUT2D eigenvalue weighted by Crippen LogP contribution is 2.35. The van der Waals surface area contributed by atoms with Crippen molar-refractivity contribution in [1.82, 2.24) is 35.5 Å². The van der Waals surface area contributed by atoms with Gasteiger partial charge in [-0.25, -0.2) is 18.7 Å². The molecule has 0 radical (unpaired) electrons. The number of rotatable bonds is 7. The summed E-state index contributed by atoms with van der Waals surface area (Å²) in [6.07, 6.45) is 5.00. The van der Waals surface area contributed by atoms with Crippen molar-refractivity contribution >= 4 is 22.1 Å². The molecule has 0 spiro atoms. The fourth-order valence-corrected chi connectivity index (χ4v) is 5.07. The molecule has 41 heavy (non-hydrogen) atoms. The number of fused-ring (bicyclic) bond motifs is 2. The zero-order valence-electron chi connectivity index (χ0n) is 21.7. The maximum atomic E-state index is 16.2. The van der Waals surface area contributed by atoms with Crippen molar-refractivity contribution in [2.45, 2.75) is 13.1 Å². The van der Waals surface area contributed by atoms with Crippen LogP contribution >= 0.6 is 0 Å². The molecular weight excluding hydrogens is 520 g/mol. The second kappa shape index (κ2) is 10.4. The van der Waals surface area contributed by atoms with Gasteiger partial charge in [-0.15, -0.1) is 0 Å². The number of pyridine rings is 2. The molecule has 9 heteroatoms. The van der Waals surface area contributed by atoms with Crippen molar-refractivity contribution in [2.75, 3.05) is 0 Å². The smallest absolute Gasteiger partial charge is 0.178 e. The molecule has 0 aliphatic rings. The minimum atomic E-state index is -0.440. The van der Waals surface area contributed by atoms with Crippen LogP contribution in [0.3, 0.4) is 0 Å². The van der Waals surface area contributed by atoms with Crippen LogP contribution < -0.4 is 5.32 Å². The SMILES string of the molecule is Fc1ccccc1-c1ccnc2nc(-c3n[nH]c4ccc(-c5cncc(CNCc6ccccc6)c5)c(F)c34)[nH]c12. The standard InChI is InChI=1S/C32H23F2N7/c33-25-9-5-4-8-23(25)24-12-13-37-31-29(24)38-32(39-31)30-27-26(40-41-30)11-10-22(28(27)34)21-14-20(17-36-18-21)16-35-15-19-6-2-1-3-7-19/h1-14,17-18,35H,15-16H2,(H,40,41)(H,37,38,39). The molecule has 7 rings (SSSR count). The Morgan fingerprint density at radius 3 is 2.49 bits per heavy atom. The van der Waals surface area contributed by atoms with Crippen molar-refractivity contribution < 1.29 is 8.78 Å². The Bertz CT molecular complexity index is 2010. The first-order valence-corrected chi connectivity index (χ1v) is 13.1. The molecule has 0 bridgehead atoms. The number of hydrogen-bond acceptors (Lipinski definition) is 5. The van der Waals surface area contributed by atoms with Crippen LogP contribution in [0.25, 0.3) is 55.8 Å². The minimum Gasteiger partial charge on any atom is -0.335 e. The molecule has 4 aromatic heterocycles. The molecule has 0 aliphatic carbocycles. The highest BCUT2D eigenvalue weighted by molar-refractivity contribution is 5.98. The van der Waals surface area contributed by atoms with Gasteiger partial charge in [0.15, 0.2) is 11.5 Å². The van der Waals surface area contributed by atoms with Crippen LogP contribution in [0.4, 0.5) is 8.78 Å². The summed E-state index contributed by atoms with van der Waals surface area (Å²) in [5.41, 5.74) is 5.97. The molecule has 0 saturated carbocycles. The molecule has 7 nitrogen and oxygen atoms in total. The third-order valence-electron chi connectivity index (χ3n) is 7.05. The highest BCUT2D eigenvalue weighted by atomic mass is 19.1. The summed E-state index contributed by atoms with van der Waals surface area (Å²) in [7, 11) is 0. The van der Waals surface area contributed by atoms with Crippen molar-refractivity contribution in [3.05, 3.63) is 120 Å². The fourth-order valence-electron chi connectivity index (χ4n) is 5.07. The van der Waals surface area contributed by atoms with E-state index in [0.29, 0.717) is 62.4 Å². The Morgan fingerprint density at radius 2 is 1.61 bits per heavy atom. The third kappa shape index (κ3) is 4.62. The number of hydrogen-bond donors (Lipinski definition) is 3. The minimum absolute atomic E-state index is 0.293. The Kier molecular flexibility index (Phi) is 6.25. The lowest BCUT2D eigenvalue weighted by Crippen LogP contribution is -2.12. The number of benzene rings is 3. The number of nitrogens with one attached hydrogen (secondary N) is 3. The maximum Gasteiger partial charge on any atom is 0.178 e. The molecule has 0 fully saturated rings. The summed E-state index contributed by atoms with van der Waals surface area (Å²) >= 11 is 0. The van der Waals surface area contributed by atoms with Gasteiger partial charge in [0.2, 0.25) is 0 Å². The molecule has 0 amide bonds. The number of nitrogens with zero attached hydrogens (tertiary/aromatic N) is 4. The summed E-state index contributed by atoms with van der Waals surface area (Å²) < 4.78 is 30.8. The van der Waals surface area contributed by atoms with Crippen molar-refractivity contribution in [1.29, 1.82) is 0 Å². The topological polar surface area (TPSA) is 95.2 Å². The van der Waals surface area contributed by atoms with E-state index in [4.69, 9.17) is 0 Å². The largest absolute Gasteiger partial charge is 0.335 e. The zero-order valence-corrected chi connectivity index (χ0v) is 21.7. The lowest BCUT2D eigenvalue weighted by Gasteiger charge is -2.09. The Morgan fingerprint density at radius 1 is 0.780 bits per heavy atom. The average Bonchev–Trinajstić information content (AvgIpc) is 3.63. The van der Waals surface area contributed by atoms with Gasteiger partial charge < -0.3 is 10.3 Å². The van der Waals surface area contributed by atoms with E-state index in [1.807, 2.05) is 24.3 Å². The van der Waals surface area contributed by atoms with E-state index in [9.17, 15) is 4.39 Å². The maximum absolute atomic E-state index is 16.2. The van der Waals surface area contributed by atoms with Crippen molar-refractivity contribution in [3.63, 3.8) is 0 Å². The first-order chi connectivity index (χ1) is 20.2. The van der Waals surface area contributed by atoms with Crippen LogP contribution in [0.5, 0.6) is 0 Å². The van der Waals surface area contributed by atoms with Gasteiger partial charge >= 0.3 is 0 Å². The molecule has 0 atom stereocenters. The fraction of sp³-hybridized carbons (Fsp3) is 0.0625. The van der Waals surface area contributed by atoms with E-state index in [2.05, 4.69) is 47.6 Å². The molecule has 0 unspecified atom stereocenters. The lowest BCUT2D eigenvalue weighted by atomic mass is 10.0. The van der Waals surface area contributed by atoms with Crippen LogP contribution in [-0.2, 0) is 13.1 Å². The van der Waals surface area contributed by atoms with Gasteiger partial charge in [-0.05, 0) is 41.5 Å². The van der Waals surface area contributed by atoms with Crippen LogP contribution in [0, 0.1) is 11.6 Å². The van der Waals surface area contributed by atoms with E-state index in [1.54, 1.807) is 55.0 Å². The van der Waals surface area contributed by atoms with Gasteiger partial charge in [0.1, 0.15) is 17.3 Å². The normalized spacial score (nSPS) is 11.5. The summed E-state index contributed by atoms with van der Waals surface area (Å²) in [5, 5.41) is 11.0. The number of H-pyrrole nitrogens is 2. The van der Waals surface area contributed by atoms with Crippen LogP contribution in [0.15, 0.2) is 97.5 Å². The Balaban J connectivity index is 1.24. The summed E-state index contributed by atoms with van der Waals surface area (Å²) in [5.74, 6) is -0.469. The Hall–Kier alpha value is -5.28. The number of aromatic nitrogens is 6. The van der Waals surface area contributed by atoms with E-state index in [1.165, 1.54) is 11.6 Å². The van der Waals surface area contributed by atoms with Gasteiger partial charge in [0.25, 0.3) is 0 Å².